The third-order valence-corrected chi connectivity index (χ3v) is 3.43. The number of nitrogens with zero attached hydrogens (tertiary/aromatic N) is 2. The van der Waals surface area contributed by atoms with Gasteiger partial charge in [0.1, 0.15) is 5.01 Å². The van der Waals surface area contributed by atoms with E-state index >= 15 is 0 Å². The zero-order chi connectivity index (χ0) is 9.26. The Balaban J connectivity index is 2.20. The highest BCUT2D eigenvalue weighted by Crippen LogP contribution is 2.32. The van der Waals surface area contributed by atoms with Crippen molar-refractivity contribution >= 4 is 11.3 Å². The fourth-order valence-electron chi connectivity index (χ4n) is 1.89. The second-order valence-electron chi connectivity index (χ2n) is 3.30. The summed E-state index contributed by atoms with van der Waals surface area (Å²) in [4.78, 5) is 6.54. The molecule has 72 valence electrons. The Morgan fingerprint density at radius 3 is 3.23 bits per heavy atom. The molecule has 1 aliphatic heterocycles. The minimum atomic E-state index is -0.230. The monoisotopic (exact) mass is 198 g/mol. The molecule has 0 radical (unpaired) electrons. The van der Waals surface area contributed by atoms with Gasteiger partial charge in [0.2, 0.25) is 0 Å². The quantitative estimate of drug-likeness (QED) is 0.777. The van der Waals surface area contributed by atoms with Crippen molar-refractivity contribution in [1.82, 2.24) is 9.88 Å². The van der Waals surface area contributed by atoms with Crippen LogP contribution in [-0.4, -0.2) is 34.2 Å². The number of hydrogen-bond acceptors (Lipinski definition) is 4. The minimum absolute atomic E-state index is 0.144. The van der Waals surface area contributed by atoms with E-state index < -0.39 is 0 Å². The Morgan fingerprint density at radius 1 is 1.77 bits per heavy atom. The number of aromatic nitrogens is 1. The zero-order valence-corrected chi connectivity index (χ0v) is 8.50. The average Bonchev–Trinajstić information content (AvgIpc) is 2.72. The molecule has 1 fully saturated rings. The molecule has 0 amide bonds. The largest absolute Gasteiger partial charge is 0.391 e. The Labute approximate surface area is 82.0 Å². The van der Waals surface area contributed by atoms with Gasteiger partial charge in [0, 0.05) is 18.1 Å². The maximum Gasteiger partial charge on any atom is 0.112 e. The number of likely N-dealkylation sites (tertiary alicyclic amines) is 1. The lowest BCUT2D eigenvalue weighted by Crippen LogP contribution is -2.26. The van der Waals surface area contributed by atoms with Crippen LogP contribution in [0.3, 0.4) is 0 Å². The van der Waals surface area contributed by atoms with E-state index in [1.165, 1.54) is 0 Å². The van der Waals surface area contributed by atoms with Crippen LogP contribution < -0.4 is 0 Å². The molecular formula is C9H14N2OS. The van der Waals surface area contributed by atoms with E-state index in [0.29, 0.717) is 0 Å². The number of thiazole rings is 1. The molecule has 2 rings (SSSR count). The SMILES string of the molecule is CCN1CCC(O)C1c1nccs1. The standard InChI is InChI=1S/C9H14N2OS/c1-2-11-5-3-7(12)8(11)9-10-4-6-13-9/h4,6-8,12H,2-3,5H2,1H3. The molecule has 1 aliphatic rings. The van der Waals surface area contributed by atoms with Crippen LogP contribution in [0.15, 0.2) is 11.6 Å². The zero-order valence-electron chi connectivity index (χ0n) is 7.68. The number of hydrogen-bond donors (Lipinski definition) is 1. The Morgan fingerprint density at radius 2 is 2.62 bits per heavy atom. The molecule has 2 unspecified atom stereocenters. The molecule has 0 saturated carbocycles. The van der Waals surface area contributed by atoms with Crippen molar-refractivity contribution in [2.75, 3.05) is 13.1 Å². The van der Waals surface area contributed by atoms with Gasteiger partial charge in [0.25, 0.3) is 0 Å². The highest BCUT2D eigenvalue weighted by atomic mass is 32.1. The summed E-state index contributed by atoms with van der Waals surface area (Å²) in [5.41, 5.74) is 0. The van der Waals surface area contributed by atoms with Crippen molar-refractivity contribution in [2.45, 2.75) is 25.5 Å². The van der Waals surface area contributed by atoms with Crippen molar-refractivity contribution in [1.29, 1.82) is 0 Å². The second-order valence-corrected chi connectivity index (χ2v) is 4.23. The fraction of sp³-hybridized carbons (Fsp3) is 0.667. The summed E-state index contributed by atoms with van der Waals surface area (Å²) in [6, 6.07) is 0.144. The van der Waals surface area contributed by atoms with Crippen molar-refractivity contribution in [3.8, 4) is 0 Å². The highest BCUT2D eigenvalue weighted by Gasteiger charge is 2.34. The summed E-state index contributed by atoms with van der Waals surface area (Å²) in [6.07, 6.45) is 2.45. The number of aliphatic hydroxyl groups is 1. The third kappa shape index (κ3) is 1.61. The van der Waals surface area contributed by atoms with E-state index in [9.17, 15) is 5.11 Å². The van der Waals surface area contributed by atoms with Gasteiger partial charge in [0.15, 0.2) is 0 Å². The van der Waals surface area contributed by atoms with Gasteiger partial charge in [-0.05, 0) is 13.0 Å². The number of aliphatic hydroxyl groups excluding tert-OH is 1. The first-order chi connectivity index (χ1) is 6.33. The molecule has 0 aromatic carbocycles. The number of rotatable bonds is 2. The van der Waals surface area contributed by atoms with Crippen LogP contribution in [0.2, 0.25) is 0 Å². The van der Waals surface area contributed by atoms with Crippen LogP contribution in [0.4, 0.5) is 0 Å². The lowest BCUT2D eigenvalue weighted by Gasteiger charge is -2.22. The van der Waals surface area contributed by atoms with Gasteiger partial charge in [-0.3, -0.25) is 4.90 Å². The van der Waals surface area contributed by atoms with Gasteiger partial charge < -0.3 is 5.11 Å². The minimum Gasteiger partial charge on any atom is -0.391 e. The Kier molecular flexibility index (Phi) is 2.62. The predicted octanol–water partition coefficient (Wildman–Crippen LogP) is 1.27. The average molecular weight is 198 g/mol. The van der Waals surface area contributed by atoms with Crippen LogP contribution in [0.5, 0.6) is 0 Å². The molecule has 0 aliphatic carbocycles. The normalized spacial score (nSPS) is 29.7. The first kappa shape index (κ1) is 9.12. The second kappa shape index (κ2) is 3.74. The van der Waals surface area contributed by atoms with E-state index in [1.54, 1.807) is 17.5 Å². The predicted molar refractivity (Wildman–Crippen MR) is 52.7 cm³/mol. The molecule has 4 heteroatoms. The summed E-state index contributed by atoms with van der Waals surface area (Å²) >= 11 is 1.63. The van der Waals surface area contributed by atoms with Crippen molar-refractivity contribution in [2.24, 2.45) is 0 Å². The van der Waals surface area contributed by atoms with E-state index in [0.717, 1.165) is 24.5 Å². The lowest BCUT2D eigenvalue weighted by molar-refractivity contribution is 0.118. The Hall–Kier alpha value is -0.450. The van der Waals surface area contributed by atoms with Crippen LogP contribution in [-0.2, 0) is 0 Å². The van der Waals surface area contributed by atoms with Crippen LogP contribution >= 0.6 is 11.3 Å². The molecule has 0 bridgehead atoms. The van der Waals surface area contributed by atoms with Crippen LogP contribution in [0, 0.1) is 0 Å². The van der Waals surface area contributed by atoms with Crippen molar-refractivity contribution in [3.05, 3.63) is 16.6 Å². The summed E-state index contributed by atoms with van der Waals surface area (Å²) in [6.45, 7) is 4.10. The molecule has 1 N–H and O–H groups in total. The first-order valence-electron chi connectivity index (χ1n) is 4.64. The van der Waals surface area contributed by atoms with Gasteiger partial charge in [0.05, 0.1) is 12.1 Å². The summed E-state index contributed by atoms with van der Waals surface area (Å²) in [7, 11) is 0. The van der Waals surface area contributed by atoms with Gasteiger partial charge in [-0.1, -0.05) is 6.92 Å². The third-order valence-electron chi connectivity index (χ3n) is 2.58. The van der Waals surface area contributed by atoms with E-state index in [1.807, 2.05) is 5.38 Å². The van der Waals surface area contributed by atoms with Crippen molar-refractivity contribution < 1.29 is 5.11 Å². The molecule has 0 spiro atoms. The molecule has 2 heterocycles. The summed E-state index contributed by atoms with van der Waals surface area (Å²) in [5.74, 6) is 0. The molecule has 3 nitrogen and oxygen atoms in total. The molecule has 1 aromatic heterocycles. The van der Waals surface area contributed by atoms with Gasteiger partial charge in [-0.25, -0.2) is 4.98 Å². The van der Waals surface area contributed by atoms with Crippen molar-refractivity contribution in [3.63, 3.8) is 0 Å². The van der Waals surface area contributed by atoms with Crippen LogP contribution in [0.1, 0.15) is 24.4 Å². The van der Waals surface area contributed by atoms with Gasteiger partial charge in [-0.15, -0.1) is 11.3 Å². The molecular weight excluding hydrogens is 184 g/mol. The fourth-order valence-corrected chi connectivity index (χ4v) is 2.72. The number of likely N-dealkylation sites (N-methyl/N-ethyl adjacent to an activating group) is 1. The molecule has 2 atom stereocenters. The smallest absolute Gasteiger partial charge is 0.112 e. The first-order valence-corrected chi connectivity index (χ1v) is 5.52. The van der Waals surface area contributed by atoms with E-state index in [2.05, 4.69) is 16.8 Å². The van der Waals surface area contributed by atoms with Crippen LogP contribution in [0.25, 0.3) is 0 Å². The molecule has 1 aromatic rings. The Bertz CT molecular complexity index is 263. The van der Waals surface area contributed by atoms with Gasteiger partial charge >= 0.3 is 0 Å². The summed E-state index contributed by atoms with van der Waals surface area (Å²) in [5, 5.41) is 12.8. The highest BCUT2D eigenvalue weighted by molar-refractivity contribution is 7.09. The van der Waals surface area contributed by atoms with Gasteiger partial charge in [-0.2, -0.15) is 0 Å². The topological polar surface area (TPSA) is 36.4 Å². The maximum absolute atomic E-state index is 9.79. The van der Waals surface area contributed by atoms with E-state index in [4.69, 9.17) is 0 Å². The maximum atomic E-state index is 9.79. The molecule has 1 saturated heterocycles. The lowest BCUT2D eigenvalue weighted by atomic mass is 10.2. The summed E-state index contributed by atoms with van der Waals surface area (Å²) < 4.78 is 0. The van der Waals surface area contributed by atoms with E-state index in [-0.39, 0.29) is 12.1 Å². The molecule has 13 heavy (non-hydrogen) atoms.